The Morgan fingerprint density at radius 1 is 1.44 bits per heavy atom. The molecule has 1 saturated heterocycles. The summed E-state index contributed by atoms with van der Waals surface area (Å²) in [5.74, 6) is -1.15. The highest BCUT2D eigenvalue weighted by molar-refractivity contribution is 7.89. The van der Waals surface area contributed by atoms with Crippen LogP contribution in [0, 0.1) is 0 Å². The number of aliphatic carboxylic acids is 1. The number of carboxylic acids is 1. The lowest BCUT2D eigenvalue weighted by Gasteiger charge is -2.29. The molecule has 6 nitrogen and oxygen atoms in total. The molecule has 1 atom stereocenters. The monoisotopic (exact) mass is 251 g/mol. The summed E-state index contributed by atoms with van der Waals surface area (Å²) in [6.07, 6.45) is 0.656. The summed E-state index contributed by atoms with van der Waals surface area (Å²) < 4.78 is 24.7. The smallest absolute Gasteiger partial charge is 0.303 e. The number of aliphatic hydroxyl groups excluding tert-OH is 1. The maximum atomic E-state index is 11.7. The second-order valence-electron chi connectivity index (χ2n) is 3.97. The maximum absolute atomic E-state index is 11.7. The van der Waals surface area contributed by atoms with Gasteiger partial charge in [0.2, 0.25) is 10.0 Å². The third-order valence-electron chi connectivity index (χ3n) is 2.55. The Labute approximate surface area is 94.9 Å². The molecule has 0 bridgehead atoms. The second kappa shape index (κ2) is 5.60. The van der Waals surface area contributed by atoms with Gasteiger partial charge in [-0.3, -0.25) is 4.79 Å². The van der Waals surface area contributed by atoms with Crippen molar-refractivity contribution in [1.29, 1.82) is 0 Å². The van der Waals surface area contributed by atoms with Gasteiger partial charge >= 0.3 is 5.97 Å². The molecule has 0 aromatic heterocycles. The van der Waals surface area contributed by atoms with E-state index >= 15 is 0 Å². The highest BCUT2D eigenvalue weighted by Gasteiger charge is 2.27. The first kappa shape index (κ1) is 13.4. The minimum atomic E-state index is -3.40. The van der Waals surface area contributed by atoms with Crippen molar-refractivity contribution in [2.45, 2.75) is 31.8 Å². The summed E-state index contributed by atoms with van der Waals surface area (Å²) in [4.78, 5) is 10.3. The van der Waals surface area contributed by atoms with Gasteiger partial charge in [-0.15, -0.1) is 0 Å². The number of nitrogens with zero attached hydrogens (tertiary/aromatic N) is 1. The summed E-state index contributed by atoms with van der Waals surface area (Å²) in [7, 11) is -3.40. The van der Waals surface area contributed by atoms with Crippen LogP contribution in [0.25, 0.3) is 0 Å². The number of hydrogen-bond acceptors (Lipinski definition) is 4. The Morgan fingerprint density at radius 3 is 2.69 bits per heavy atom. The van der Waals surface area contributed by atoms with Crippen LogP contribution >= 0.6 is 0 Å². The van der Waals surface area contributed by atoms with Crippen LogP contribution in [0.4, 0.5) is 0 Å². The van der Waals surface area contributed by atoms with Crippen molar-refractivity contribution in [2.24, 2.45) is 0 Å². The van der Waals surface area contributed by atoms with E-state index in [1.165, 1.54) is 4.31 Å². The summed E-state index contributed by atoms with van der Waals surface area (Å²) in [5, 5.41) is 17.8. The van der Waals surface area contributed by atoms with E-state index in [1.807, 2.05) is 0 Å². The molecule has 1 fully saturated rings. The Kier molecular flexibility index (Phi) is 4.69. The molecule has 0 aromatic rings. The minimum Gasteiger partial charge on any atom is -0.481 e. The molecule has 1 aliphatic heterocycles. The highest BCUT2D eigenvalue weighted by atomic mass is 32.2. The lowest BCUT2D eigenvalue weighted by atomic mass is 10.1. The molecule has 1 rings (SSSR count). The maximum Gasteiger partial charge on any atom is 0.303 e. The van der Waals surface area contributed by atoms with Gasteiger partial charge in [0.25, 0.3) is 0 Å². The predicted molar refractivity (Wildman–Crippen MR) is 57.5 cm³/mol. The average molecular weight is 251 g/mol. The molecular formula is C9H17NO5S. The zero-order chi connectivity index (χ0) is 12.2. The fraction of sp³-hybridized carbons (Fsp3) is 0.889. The van der Waals surface area contributed by atoms with Crippen LogP contribution in [0.3, 0.4) is 0 Å². The Hall–Kier alpha value is -0.660. The van der Waals surface area contributed by atoms with Gasteiger partial charge in [-0.25, -0.2) is 8.42 Å². The molecule has 7 heteroatoms. The van der Waals surface area contributed by atoms with E-state index in [9.17, 15) is 18.3 Å². The van der Waals surface area contributed by atoms with Gasteiger partial charge in [-0.2, -0.15) is 4.31 Å². The molecule has 94 valence electrons. The van der Waals surface area contributed by atoms with Crippen LogP contribution in [0.15, 0.2) is 0 Å². The standard InChI is InChI=1S/C9H17NO5S/c11-8-3-1-5-10(7-8)16(14,15)6-2-4-9(12)13/h8,11H,1-7H2,(H,12,13)/t8-/m0/s1. The number of β-amino-alcohol motifs (C(OH)–C–C–N with tert-alkyl or cyclic N) is 1. The van der Waals surface area contributed by atoms with E-state index in [-0.39, 0.29) is 25.1 Å². The Balaban J connectivity index is 2.46. The molecule has 2 N–H and O–H groups in total. The molecule has 16 heavy (non-hydrogen) atoms. The molecule has 0 unspecified atom stereocenters. The van der Waals surface area contributed by atoms with Crippen molar-refractivity contribution < 1.29 is 23.4 Å². The van der Waals surface area contributed by atoms with Crippen LogP contribution in [0.2, 0.25) is 0 Å². The number of carboxylic acid groups (broad SMARTS) is 1. The molecular weight excluding hydrogens is 234 g/mol. The first-order valence-corrected chi connectivity index (χ1v) is 6.90. The van der Waals surface area contributed by atoms with Crippen molar-refractivity contribution in [3.8, 4) is 0 Å². The van der Waals surface area contributed by atoms with Crippen LogP contribution in [0.5, 0.6) is 0 Å². The van der Waals surface area contributed by atoms with Crippen molar-refractivity contribution >= 4 is 16.0 Å². The quantitative estimate of drug-likeness (QED) is 0.695. The molecule has 0 amide bonds. The summed E-state index contributed by atoms with van der Waals surface area (Å²) in [5.41, 5.74) is 0. The normalized spacial score (nSPS) is 23.2. The fourth-order valence-electron chi connectivity index (χ4n) is 1.71. The van der Waals surface area contributed by atoms with Crippen molar-refractivity contribution in [3.05, 3.63) is 0 Å². The summed E-state index contributed by atoms with van der Waals surface area (Å²) >= 11 is 0. The van der Waals surface area contributed by atoms with Crippen molar-refractivity contribution in [3.63, 3.8) is 0 Å². The molecule has 0 radical (unpaired) electrons. The highest BCUT2D eigenvalue weighted by Crippen LogP contribution is 2.15. The molecule has 0 saturated carbocycles. The molecule has 0 aromatic carbocycles. The van der Waals surface area contributed by atoms with E-state index in [4.69, 9.17) is 5.11 Å². The first-order valence-electron chi connectivity index (χ1n) is 5.29. The number of aliphatic hydroxyl groups is 1. The zero-order valence-corrected chi connectivity index (χ0v) is 9.82. The third kappa shape index (κ3) is 4.07. The van der Waals surface area contributed by atoms with E-state index in [0.717, 1.165) is 0 Å². The summed E-state index contributed by atoms with van der Waals surface area (Å²) in [6.45, 7) is 0.557. The molecule has 0 spiro atoms. The van der Waals surface area contributed by atoms with E-state index in [1.54, 1.807) is 0 Å². The van der Waals surface area contributed by atoms with Gasteiger partial charge < -0.3 is 10.2 Å². The van der Waals surface area contributed by atoms with Crippen LogP contribution in [-0.4, -0.2) is 53.9 Å². The zero-order valence-electron chi connectivity index (χ0n) is 9.00. The SMILES string of the molecule is O=C(O)CCCS(=O)(=O)N1CCC[C@H](O)C1. The number of piperidine rings is 1. The van der Waals surface area contributed by atoms with Crippen molar-refractivity contribution in [2.75, 3.05) is 18.8 Å². The Morgan fingerprint density at radius 2 is 2.12 bits per heavy atom. The first-order chi connectivity index (χ1) is 7.42. The largest absolute Gasteiger partial charge is 0.481 e. The van der Waals surface area contributed by atoms with E-state index in [0.29, 0.717) is 19.4 Å². The van der Waals surface area contributed by atoms with Gasteiger partial charge in [0.15, 0.2) is 0 Å². The van der Waals surface area contributed by atoms with Crippen molar-refractivity contribution in [1.82, 2.24) is 4.31 Å². The predicted octanol–water partition coefficient (Wildman–Crippen LogP) is -0.362. The topological polar surface area (TPSA) is 94.9 Å². The van der Waals surface area contributed by atoms with Gasteiger partial charge in [0.1, 0.15) is 0 Å². The molecule has 1 heterocycles. The van der Waals surface area contributed by atoms with Crippen LogP contribution in [0.1, 0.15) is 25.7 Å². The number of sulfonamides is 1. The molecule has 0 aliphatic carbocycles. The Bertz CT molecular complexity index is 340. The average Bonchev–Trinajstić information content (AvgIpc) is 2.16. The van der Waals surface area contributed by atoms with Crippen LogP contribution in [-0.2, 0) is 14.8 Å². The van der Waals surface area contributed by atoms with E-state index < -0.39 is 22.1 Å². The molecule has 1 aliphatic rings. The van der Waals surface area contributed by atoms with Gasteiger partial charge in [-0.05, 0) is 19.3 Å². The minimum absolute atomic E-state index is 0.115. The third-order valence-corrected chi connectivity index (χ3v) is 4.47. The van der Waals surface area contributed by atoms with Crippen LogP contribution < -0.4 is 0 Å². The van der Waals surface area contributed by atoms with Gasteiger partial charge in [-0.1, -0.05) is 0 Å². The lowest BCUT2D eigenvalue weighted by molar-refractivity contribution is -0.137. The van der Waals surface area contributed by atoms with Gasteiger partial charge in [0, 0.05) is 19.5 Å². The van der Waals surface area contributed by atoms with E-state index in [2.05, 4.69) is 0 Å². The number of carbonyl (C=O) groups is 1. The second-order valence-corrected chi connectivity index (χ2v) is 6.06. The van der Waals surface area contributed by atoms with Gasteiger partial charge in [0.05, 0.1) is 11.9 Å². The lowest BCUT2D eigenvalue weighted by Crippen LogP contribution is -2.43. The number of hydrogen-bond donors (Lipinski definition) is 2. The number of rotatable bonds is 5. The fourth-order valence-corrected chi connectivity index (χ4v) is 3.28. The summed E-state index contributed by atoms with van der Waals surface area (Å²) in [6, 6.07) is 0.